The highest BCUT2D eigenvalue weighted by atomic mass is 35.5. The third-order valence-electron chi connectivity index (χ3n) is 5.62. The third-order valence-corrected chi connectivity index (χ3v) is 7.03. The summed E-state index contributed by atoms with van der Waals surface area (Å²) in [6.07, 6.45) is 2.05. The molecule has 174 valence electrons. The van der Waals surface area contributed by atoms with Crippen molar-refractivity contribution in [2.24, 2.45) is 0 Å². The third kappa shape index (κ3) is 5.91. The maximum absolute atomic E-state index is 13.0. The Bertz CT molecular complexity index is 1140. The first-order valence-corrected chi connectivity index (χ1v) is 12.4. The van der Waals surface area contributed by atoms with Crippen LogP contribution >= 0.6 is 23.4 Å². The maximum atomic E-state index is 13.0. The van der Waals surface area contributed by atoms with Crippen molar-refractivity contribution in [3.8, 4) is 0 Å². The Kier molecular flexibility index (Phi) is 7.63. The lowest BCUT2D eigenvalue weighted by Crippen LogP contribution is -2.49. The van der Waals surface area contributed by atoms with Gasteiger partial charge in [0.05, 0.1) is 18.0 Å². The van der Waals surface area contributed by atoms with E-state index in [-0.39, 0.29) is 36.3 Å². The second-order valence-electron chi connectivity index (χ2n) is 8.35. The molecule has 3 aromatic rings. The highest BCUT2D eigenvalue weighted by molar-refractivity contribution is 8.00. The van der Waals surface area contributed by atoms with Crippen LogP contribution in [0, 0.1) is 0 Å². The van der Waals surface area contributed by atoms with E-state index in [4.69, 9.17) is 16.3 Å². The van der Waals surface area contributed by atoms with Gasteiger partial charge in [-0.1, -0.05) is 48.0 Å². The standard InChI is InChI=1S/C25H28ClN3O3S/c1-17-12-29(13-18(2)32-17)25(31)15-28-14-23(20-8-4-6-10-22(20)28)33-16-24(30)27-11-19-7-3-5-9-21(19)26/h3-10,14,17-18H,11-13,15-16H2,1-2H3,(H,27,30)/t17-,18+. The monoisotopic (exact) mass is 485 g/mol. The van der Waals surface area contributed by atoms with Crippen LogP contribution in [-0.2, 0) is 27.4 Å². The molecule has 2 atom stereocenters. The van der Waals surface area contributed by atoms with Gasteiger partial charge in [0.1, 0.15) is 6.54 Å². The fourth-order valence-electron chi connectivity index (χ4n) is 4.12. The summed E-state index contributed by atoms with van der Waals surface area (Å²) in [5, 5.41) is 4.61. The van der Waals surface area contributed by atoms with Gasteiger partial charge >= 0.3 is 0 Å². The van der Waals surface area contributed by atoms with Crippen LogP contribution in [0.4, 0.5) is 0 Å². The number of benzene rings is 2. The SMILES string of the molecule is C[C@@H]1CN(C(=O)Cn2cc(SCC(=O)NCc3ccccc3Cl)c3ccccc32)C[C@H](C)O1. The lowest BCUT2D eigenvalue weighted by Gasteiger charge is -2.35. The lowest BCUT2D eigenvalue weighted by molar-refractivity contribution is -0.143. The summed E-state index contributed by atoms with van der Waals surface area (Å²) < 4.78 is 7.73. The highest BCUT2D eigenvalue weighted by Gasteiger charge is 2.26. The van der Waals surface area contributed by atoms with Crippen molar-refractivity contribution in [2.45, 2.75) is 44.0 Å². The molecule has 1 aliphatic rings. The Morgan fingerprint density at radius 3 is 2.55 bits per heavy atom. The van der Waals surface area contributed by atoms with E-state index in [1.807, 2.05) is 78.0 Å². The Morgan fingerprint density at radius 2 is 1.79 bits per heavy atom. The summed E-state index contributed by atoms with van der Waals surface area (Å²) in [4.78, 5) is 28.3. The van der Waals surface area contributed by atoms with Crippen molar-refractivity contribution in [3.05, 3.63) is 65.3 Å². The number of carbonyl (C=O) groups is 2. The van der Waals surface area contributed by atoms with Crippen molar-refractivity contribution in [3.63, 3.8) is 0 Å². The van der Waals surface area contributed by atoms with Gasteiger partial charge in [0, 0.05) is 46.7 Å². The second-order valence-corrected chi connectivity index (χ2v) is 9.78. The van der Waals surface area contributed by atoms with Gasteiger partial charge in [-0.15, -0.1) is 11.8 Å². The number of hydrogen-bond donors (Lipinski definition) is 1. The summed E-state index contributed by atoms with van der Waals surface area (Å²) in [6.45, 7) is 5.86. The molecule has 0 bridgehead atoms. The van der Waals surface area contributed by atoms with Crippen LogP contribution in [0.1, 0.15) is 19.4 Å². The molecule has 33 heavy (non-hydrogen) atoms. The number of ether oxygens (including phenoxy) is 1. The molecule has 2 aromatic carbocycles. The van der Waals surface area contributed by atoms with Crippen LogP contribution in [-0.4, -0.2) is 52.3 Å². The minimum Gasteiger partial charge on any atom is -0.372 e. The van der Waals surface area contributed by atoms with Crippen LogP contribution in [0.25, 0.3) is 10.9 Å². The Balaban J connectivity index is 1.41. The zero-order valence-corrected chi connectivity index (χ0v) is 20.4. The summed E-state index contributed by atoms with van der Waals surface area (Å²) >= 11 is 7.64. The van der Waals surface area contributed by atoms with Crippen LogP contribution in [0.5, 0.6) is 0 Å². The van der Waals surface area contributed by atoms with Crippen LogP contribution in [0.2, 0.25) is 5.02 Å². The van der Waals surface area contributed by atoms with E-state index in [0.29, 0.717) is 24.7 Å². The van der Waals surface area contributed by atoms with Crippen molar-refractivity contribution in [1.29, 1.82) is 0 Å². The van der Waals surface area contributed by atoms with Crippen LogP contribution in [0.15, 0.2) is 59.6 Å². The van der Waals surface area contributed by atoms with Gasteiger partial charge in [-0.2, -0.15) is 0 Å². The first-order valence-electron chi connectivity index (χ1n) is 11.0. The lowest BCUT2D eigenvalue weighted by atomic mass is 10.2. The molecule has 0 unspecified atom stereocenters. The number of nitrogens with one attached hydrogen (secondary N) is 1. The number of thioether (sulfide) groups is 1. The van der Waals surface area contributed by atoms with Gasteiger partial charge in [-0.05, 0) is 31.5 Å². The molecular weight excluding hydrogens is 458 g/mol. The Morgan fingerprint density at radius 1 is 1.09 bits per heavy atom. The van der Waals surface area contributed by atoms with Crippen LogP contribution in [0.3, 0.4) is 0 Å². The molecule has 1 aromatic heterocycles. The molecule has 1 saturated heterocycles. The molecule has 1 aliphatic heterocycles. The highest BCUT2D eigenvalue weighted by Crippen LogP contribution is 2.30. The number of morpholine rings is 1. The zero-order valence-electron chi connectivity index (χ0n) is 18.8. The topological polar surface area (TPSA) is 63.6 Å². The quantitative estimate of drug-likeness (QED) is 0.506. The van der Waals surface area contributed by atoms with Gasteiger partial charge in [0.2, 0.25) is 11.8 Å². The van der Waals surface area contributed by atoms with Crippen molar-refractivity contribution < 1.29 is 14.3 Å². The minimum atomic E-state index is -0.0656. The van der Waals surface area contributed by atoms with Crippen LogP contribution < -0.4 is 5.32 Å². The smallest absolute Gasteiger partial charge is 0.242 e. The molecule has 8 heteroatoms. The van der Waals surface area contributed by atoms with Gasteiger partial charge in [-0.25, -0.2) is 0 Å². The molecule has 2 amide bonds. The molecule has 0 spiro atoms. The summed E-state index contributed by atoms with van der Waals surface area (Å²) in [7, 11) is 0. The van der Waals surface area contributed by atoms with E-state index < -0.39 is 0 Å². The number of nitrogens with zero attached hydrogens (tertiary/aromatic N) is 2. The van der Waals surface area contributed by atoms with Crippen molar-refractivity contribution in [2.75, 3.05) is 18.8 Å². The van der Waals surface area contributed by atoms with E-state index in [2.05, 4.69) is 5.32 Å². The van der Waals surface area contributed by atoms with E-state index >= 15 is 0 Å². The number of fused-ring (bicyclic) bond motifs is 1. The number of halogens is 1. The molecular formula is C25H28ClN3O3S. The normalized spacial score (nSPS) is 18.5. The predicted octanol–water partition coefficient (Wildman–Crippen LogP) is 4.34. The molecule has 0 saturated carbocycles. The van der Waals surface area contributed by atoms with Crippen molar-refractivity contribution >= 4 is 46.1 Å². The van der Waals surface area contributed by atoms with Gasteiger partial charge in [-0.3, -0.25) is 9.59 Å². The van der Waals surface area contributed by atoms with Gasteiger partial charge < -0.3 is 19.5 Å². The predicted molar refractivity (Wildman–Crippen MR) is 133 cm³/mol. The van der Waals surface area contributed by atoms with E-state index in [1.165, 1.54) is 11.8 Å². The molecule has 0 radical (unpaired) electrons. The first kappa shape index (κ1) is 23.7. The minimum absolute atomic E-state index is 0.0366. The zero-order chi connectivity index (χ0) is 23.4. The second kappa shape index (κ2) is 10.6. The molecule has 2 heterocycles. The number of aromatic nitrogens is 1. The number of carbonyl (C=O) groups excluding carboxylic acids is 2. The maximum Gasteiger partial charge on any atom is 0.242 e. The van der Waals surface area contributed by atoms with E-state index in [0.717, 1.165) is 21.4 Å². The van der Waals surface area contributed by atoms with E-state index in [1.54, 1.807) is 0 Å². The number of hydrogen-bond acceptors (Lipinski definition) is 4. The fraction of sp³-hybridized carbons (Fsp3) is 0.360. The summed E-state index contributed by atoms with van der Waals surface area (Å²) in [5.74, 6) is 0.293. The number of para-hydroxylation sites is 1. The molecule has 4 rings (SSSR count). The van der Waals surface area contributed by atoms with Gasteiger partial charge in [0.15, 0.2) is 0 Å². The number of rotatable bonds is 7. The number of amides is 2. The van der Waals surface area contributed by atoms with Crippen molar-refractivity contribution in [1.82, 2.24) is 14.8 Å². The molecule has 1 fully saturated rings. The largest absolute Gasteiger partial charge is 0.372 e. The fourth-order valence-corrected chi connectivity index (χ4v) is 5.24. The molecule has 6 nitrogen and oxygen atoms in total. The van der Waals surface area contributed by atoms with Gasteiger partial charge in [0.25, 0.3) is 0 Å². The molecule has 1 N–H and O–H groups in total. The summed E-state index contributed by atoms with van der Waals surface area (Å²) in [5.41, 5.74) is 1.87. The molecule has 0 aliphatic carbocycles. The Hall–Kier alpha value is -2.48. The Labute approximate surface area is 203 Å². The van der Waals surface area contributed by atoms with E-state index in [9.17, 15) is 9.59 Å². The average molecular weight is 486 g/mol. The summed E-state index contributed by atoms with van der Waals surface area (Å²) in [6, 6.07) is 15.4. The first-order chi connectivity index (χ1) is 15.9. The average Bonchev–Trinajstić information content (AvgIpc) is 3.14.